The summed E-state index contributed by atoms with van der Waals surface area (Å²) in [7, 11) is 0. The molecule has 67 heavy (non-hydrogen) atoms. The molecule has 1 unspecified atom stereocenters. The number of para-hydroxylation sites is 2. The molecule has 1 aliphatic carbocycles. The van der Waals surface area contributed by atoms with E-state index in [0.717, 1.165) is 55.7 Å². The highest BCUT2D eigenvalue weighted by atomic mass is 16.3. The molecular weight excluding hydrogens is 811 g/mol. The molecular formula is C65H43NO. The smallest absolute Gasteiger partial charge is 0.140 e. The summed E-state index contributed by atoms with van der Waals surface area (Å²) >= 11 is 0. The zero-order chi connectivity index (χ0) is 44.3. The van der Waals surface area contributed by atoms with E-state index in [9.17, 15) is 0 Å². The van der Waals surface area contributed by atoms with Crippen LogP contribution in [0.25, 0.3) is 77.2 Å². The third kappa shape index (κ3) is 6.33. The lowest BCUT2D eigenvalue weighted by Crippen LogP contribution is -2.28. The summed E-state index contributed by atoms with van der Waals surface area (Å²) in [5.74, 6) is 0. The summed E-state index contributed by atoms with van der Waals surface area (Å²) in [4.78, 5) is 2.36. The van der Waals surface area contributed by atoms with Crippen LogP contribution < -0.4 is 4.90 Å². The Balaban J connectivity index is 0.931. The standard InChI is InChI=1S/C65H43NO/c1-3-14-44(15-4-1)46-28-35-53(36-29-46)66(54-37-30-47(31-38-54)50-27-26-45-16-7-8-17-49(45)42-50)55-39-32-48(33-40-55)51-34-41-57-56-20-9-11-23-60(56)65(62(57)43-51,52-18-5-2-6-19-52)61-24-13-22-59-58-21-10-12-25-63(58)67-64(59)61/h1-43H. The molecule has 0 N–H and O–H groups in total. The molecule has 0 saturated heterocycles. The Labute approximate surface area is 390 Å². The van der Waals surface area contributed by atoms with E-state index in [0.29, 0.717) is 0 Å². The number of anilines is 3. The van der Waals surface area contributed by atoms with Crippen LogP contribution in [0, 0.1) is 0 Å². The van der Waals surface area contributed by atoms with Crippen LogP contribution in [0.5, 0.6) is 0 Å². The van der Waals surface area contributed by atoms with Crippen LogP contribution in [0.1, 0.15) is 22.3 Å². The van der Waals surface area contributed by atoms with E-state index in [1.807, 2.05) is 0 Å². The fourth-order valence-corrected chi connectivity index (χ4v) is 10.8. The Bertz CT molecular complexity index is 3780. The van der Waals surface area contributed by atoms with E-state index >= 15 is 0 Å². The van der Waals surface area contributed by atoms with Gasteiger partial charge in [0.25, 0.3) is 0 Å². The molecule has 0 amide bonds. The Morgan fingerprint density at radius 1 is 0.299 bits per heavy atom. The Hall–Kier alpha value is -8.72. The van der Waals surface area contributed by atoms with Crippen LogP contribution in [0.2, 0.25) is 0 Å². The molecule has 0 spiro atoms. The number of nitrogens with zero attached hydrogens (tertiary/aromatic N) is 1. The summed E-state index contributed by atoms with van der Waals surface area (Å²) < 4.78 is 6.86. The Kier molecular flexibility index (Phi) is 9.11. The highest BCUT2D eigenvalue weighted by molar-refractivity contribution is 6.07. The average Bonchev–Trinajstić information content (AvgIpc) is 3.94. The van der Waals surface area contributed by atoms with Gasteiger partial charge in [0.2, 0.25) is 0 Å². The van der Waals surface area contributed by atoms with E-state index in [1.54, 1.807) is 0 Å². The normalized spacial score (nSPS) is 14.0. The minimum absolute atomic E-state index is 0.627. The minimum Gasteiger partial charge on any atom is -0.456 e. The first-order valence-corrected chi connectivity index (χ1v) is 23.1. The maximum atomic E-state index is 6.86. The van der Waals surface area contributed by atoms with Crippen molar-refractivity contribution in [2.24, 2.45) is 0 Å². The summed E-state index contributed by atoms with van der Waals surface area (Å²) in [6, 6.07) is 94.9. The van der Waals surface area contributed by atoms with Gasteiger partial charge in [-0.15, -0.1) is 0 Å². The number of rotatable bonds is 8. The van der Waals surface area contributed by atoms with Gasteiger partial charge >= 0.3 is 0 Å². The first-order valence-electron chi connectivity index (χ1n) is 23.1. The molecule has 0 radical (unpaired) electrons. The first-order chi connectivity index (χ1) is 33.2. The van der Waals surface area contributed by atoms with E-state index in [2.05, 4.69) is 266 Å². The molecule has 314 valence electrons. The third-order valence-electron chi connectivity index (χ3n) is 14.0. The largest absolute Gasteiger partial charge is 0.456 e. The molecule has 2 nitrogen and oxygen atoms in total. The molecule has 1 heterocycles. The second-order valence-electron chi connectivity index (χ2n) is 17.6. The van der Waals surface area contributed by atoms with Gasteiger partial charge < -0.3 is 9.32 Å². The number of furan rings is 1. The van der Waals surface area contributed by atoms with E-state index in [1.165, 1.54) is 60.8 Å². The second-order valence-corrected chi connectivity index (χ2v) is 17.6. The van der Waals surface area contributed by atoms with Gasteiger partial charge in [0.15, 0.2) is 0 Å². The van der Waals surface area contributed by atoms with Crippen molar-refractivity contribution in [2.45, 2.75) is 5.41 Å². The second kappa shape index (κ2) is 15.8. The highest BCUT2D eigenvalue weighted by Gasteiger charge is 2.47. The van der Waals surface area contributed by atoms with Gasteiger partial charge in [-0.1, -0.05) is 206 Å². The van der Waals surface area contributed by atoms with Crippen LogP contribution in [0.4, 0.5) is 17.1 Å². The molecule has 1 aliphatic rings. The molecule has 2 heteroatoms. The van der Waals surface area contributed by atoms with Gasteiger partial charge in [-0.3, -0.25) is 0 Å². The van der Waals surface area contributed by atoms with Crippen molar-refractivity contribution < 1.29 is 4.42 Å². The highest BCUT2D eigenvalue weighted by Crippen LogP contribution is 2.58. The quantitative estimate of drug-likeness (QED) is 0.151. The van der Waals surface area contributed by atoms with Crippen molar-refractivity contribution in [3.8, 4) is 44.5 Å². The lowest BCUT2D eigenvalue weighted by molar-refractivity contribution is 0.648. The lowest BCUT2D eigenvalue weighted by Gasteiger charge is -2.34. The van der Waals surface area contributed by atoms with Gasteiger partial charge in [-0.25, -0.2) is 0 Å². The maximum absolute atomic E-state index is 6.86. The van der Waals surface area contributed by atoms with Crippen LogP contribution in [-0.4, -0.2) is 0 Å². The number of hydrogen-bond acceptors (Lipinski definition) is 2. The SMILES string of the molecule is c1ccc(-c2ccc(N(c3ccc(-c4ccc5c(c4)C(c4ccccc4)(c4cccc6c4oc4ccccc46)c4ccccc4-5)cc3)c3ccc(-c4ccc5ccccc5c4)cc3)cc2)cc1. The molecule has 0 fully saturated rings. The van der Waals surface area contributed by atoms with Gasteiger partial charge in [-0.2, -0.15) is 0 Å². The Morgan fingerprint density at radius 2 is 0.791 bits per heavy atom. The molecule has 1 aromatic heterocycles. The van der Waals surface area contributed by atoms with E-state index in [-0.39, 0.29) is 0 Å². The molecule has 12 aromatic rings. The van der Waals surface area contributed by atoms with Gasteiger partial charge in [0, 0.05) is 33.4 Å². The van der Waals surface area contributed by atoms with Crippen LogP contribution in [0.3, 0.4) is 0 Å². The Morgan fingerprint density at radius 3 is 1.51 bits per heavy atom. The molecule has 11 aromatic carbocycles. The fraction of sp³-hybridized carbons (Fsp3) is 0.0154. The topological polar surface area (TPSA) is 16.4 Å². The van der Waals surface area contributed by atoms with E-state index < -0.39 is 5.41 Å². The first kappa shape index (κ1) is 38.7. The minimum atomic E-state index is -0.627. The van der Waals surface area contributed by atoms with Crippen molar-refractivity contribution >= 4 is 49.8 Å². The summed E-state index contributed by atoms with van der Waals surface area (Å²) in [6.07, 6.45) is 0. The van der Waals surface area contributed by atoms with Gasteiger partial charge in [0.05, 0.1) is 5.41 Å². The third-order valence-corrected chi connectivity index (χ3v) is 14.0. The van der Waals surface area contributed by atoms with Gasteiger partial charge in [-0.05, 0) is 127 Å². The molecule has 0 aliphatic heterocycles. The zero-order valence-corrected chi connectivity index (χ0v) is 36.7. The maximum Gasteiger partial charge on any atom is 0.140 e. The van der Waals surface area contributed by atoms with Crippen molar-refractivity contribution in [1.82, 2.24) is 0 Å². The fourth-order valence-electron chi connectivity index (χ4n) is 10.8. The molecule has 13 rings (SSSR count). The predicted octanol–water partition coefficient (Wildman–Crippen LogP) is 17.6. The number of benzene rings is 11. The van der Waals surface area contributed by atoms with Crippen LogP contribution in [0.15, 0.2) is 265 Å². The van der Waals surface area contributed by atoms with Crippen molar-refractivity contribution in [2.75, 3.05) is 4.90 Å². The molecule has 1 atom stereocenters. The zero-order valence-electron chi connectivity index (χ0n) is 36.7. The lowest BCUT2D eigenvalue weighted by atomic mass is 9.67. The van der Waals surface area contributed by atoms with Crippen molar-refractivity contribution in [1.29, 1.82) is 0 Å². The average molecular weight is 854 g/mol. The number of hydrogen-bond donors (Lipinski definition) is 0. The summed E-state index contributed by atoms with van der Waals surface area (Å²) in [5, 5.41) is 4.75. The van der Waals surface area contributed by atoms with Crippen LogP contribution in [-0.2, 0) is 5.41 Å². The molecule has 0 saturated carbocycles. The molecule has 0 bridgehead atoms. The predicted molar refractivity (Wildman–Crippen MR) is 280 cm³/mol. The van der Waals surface area contributed by atoms with E-state index in [4.69, 9.17) is 4.42 Å². The monoisotopic (exact) mass is 853 g/mol. The van der Waals surface area contributed by atoms with Crippen molar-refractivity contribution in [3.05, 3.63) is 283 Å². The summed E-state index contributed by atoms with van der Waals surface area (Å²) in [6.45, 7) is 0. The van der Waals surface area contributed by atoms with Crippen molar-refractivity contribution in [3.63, 3.8) is 0 Å². The van der Waals surface area contributed by atoms with Crippen LogP contribution >= 0.6 is 0 Å². The number of fused-ring (bicyclic) bond motifs is 7. The van der Waals surface area contributed by atoms with Gasteiger partial charge in [0.1, 0.15) is 11.2 Å². The summed E-state index contributed by atoms with van der Waals surface area (Å²) in [5.41, 5.74) is 18.9.